The monoisotopic (exact) mass is 455 g/mol. The second-order valence-corrected chi connectivity index (χ2v) is 6.73. The van der Waals surface area contributed by atoms with Crippen molar-refractivity contribution in [1.82, 2.24) is 10.6 Å². The summed E-state index contributed by atoms with van der Waals surface area (Å²) in [4.78, 5) is 0. The molecule has 160 valence electrons. The third-order valence-corrected chi connectivity index (χ3v) is 4.70. The fourth-order valence-corrected chi connectivity index (χ4v) is 3.14. The molecule has 3 rings (SSSR count). The van der Waals surface area contributed by atoms with Gasteiger partial charge in [-0.2, -0.15) is 0 Å². The number of benzene rings is 3. The smallest absolute Gasteiger partial charge is 0.0206 e. The Bertz CT molecular complexity index is 810. The van der Waals surface area contributed by atoms with Gasteiger partial charge in [0, 0.05) is 26.2 Å². The first-order valence-electron chi connectivity index (χ1n) is 9.52. The Labute approximate surface area is 193 Å². The fourth-order valence-electron chi connectivity index (χ4n) is 3.14. The standard InChI is InChI=1S/C23H29N3.3ClH/c24-17-20-9-7-19(8-10-20)4-3-13-25-14-15-26-18-21-11-12-22-5-1-2-6-23(22)16-21;;;/h1-2,5-12,16,25-26H,3-4,13-15,17-18,24H2;3*1H. The molecule has 0 aliphatic heterocycles. The molecule has 0 heterocycles. The Hall–Kier alpha value is -1.33. The maximum atomic E-state index is 5.63. The number of halogens is 3. The average Bonchev–Trinajstić information content (AvgIpc) is 2.70. The van der Waals surface area contributed by atoms with Crippen molar-refractivity contribution in [1.29, 1.82) is 0 Å². The zero-order chi connectivity index (χ0) is 18.0. The van der Waals surface area contributed by atoms with E-state index in [9.17, 15) is 0 Å². The Morgan fingerprint density at radius 1 is 0.621 bits per heavy atom. The van der Waals surface area contributed by atoms with Gasteiger partial charge in [0.25, 0.3) is 0 Å². The van der Waals surface area contributed by atoms with E-state index in [0.29, 0.717) is 6.54 Å². The first kappa shape index (κ1) is 27.7. The minimum Gasteiger partial charge on any atom is -0.326 e. The molecule has 3 aromatic carbocycles. The van der Waals surface area contributed by atoms with E-state index in [1.165, 1.54) is 27.5 Å². The van der Waals surface area contributed by atoms with Crippen molar-refractivity contribution in [3.05, 3.63) is 83.4 Å². The third-order valence-electron chi connectivity index (χ3n) is 4.70. The zero-order valence-corrected chi connectivity index (χ0v) is 19.1. The summed E-state index contributed by atoms with van der Waals surface area (Å²) < 4.78 is 0. The van der Waals surface area contributed by atoms with Crippen molar-refractivity contribution in [3.63, 3.8) is 0 Å². The highest BCUT2D eigenvalue weighted by molar-refractivity contribution is 5.86. The Balaban J connectivity index is 0.00000261. The third kappa shape index (κ3) is 9.35. The molecule has 0 aromatic heterocycles. The van der Waals surface area contributed by atoms with Crippen LogP contribution in [0.25, 0.3) is 10.8 Å². The predicted molar refractivity (Wildman–Crippen MR) is 133 cm³/mol. The van der Waals surface area contributed by atoms with Gasteiger partial charge in [-0.25, -0.2) is 0 Å². The summed E-state index contributed by atoms with van der Waals surface area (Å²) in [5.41, 5.74) is 9.55. The molecule has 3 nitrogen and oxygen atoms in total. The van der Waals surface area contributed by atoms with Crippen LogP contribution in [-0.2, 0) is 19.5 Å². The second-order valence-electron chi connectivity index (χ2n) is 6.73. The molecule has 0 amide bonds. The number of hydrogen-bond acceptors (Lipinski definition) is 3. The topological polar surface area (TPSA) is 50.1 Å². The second kappa shape index (κ2) is 15.5. The minimum atomic E-state index is 0. The maximum absolute atomic E-state index is 5.63. The van der Waals surface area contributed by atoms with Gasteiger partial charge in [-0.05, 0) is 52.9 Å². The molecule has 0 aliphatic rings. The van der Waals surface area contributed by atoms with Crippen molar-refractivity contribution in [3.8, 4) is 0 Å². The number of hydrogen-bond donors (Lipinski definition) is 3. The molecule has 3 aromatic rings. The van der Waals surface area contributed by atoms with Crippen LogP contribution in [0, 0.1) is 0 Å². The molecule has 6 heteroatoms. The Kier molecular flexibility index (Phi) is 14.8. The Morgan fingerprint density at radius 3 is 1.97 bits per heavy atom. The van der Waals surface area contributed by atoms with Crippen LogP contribution in [0.4, 0.5) is 0 Å². The number of nitrogens with two attached hydrogens (primary N) is 1. The zero-order valence-electron chi connectivity index (χ0n) is 16.6. The summed E-state index contributed by atoms with van der Waals surface area (Å²) in [5.74, 6) is 0. The van der Waals surface area contributed by atoms with E-state index < -0.39 is 0 Å². The van der Waals surface area contributed by atoms with Crippen LogP contribution in [-0.4, -0.2) is 19.6 Å². The molecule has 4 N–H and O–H groups in total. The van der Waals surface area contributed by atoms with Gasteiger partial charge < -0.3 is 16.4 Å². The van der Waals surface area contributed by atoms with Crippen LogP contribution in [0.3, 0.4) is 0 Å². The van der Waals surface area contributed by atoms with Crippen molar-refractivity contribution in [2.24, 2.45) is 5.73 Å². The van der Waals surface area contributed by atoms with Gasteiger partial charge in [0.2, 0.25) is 0 Å². The summed E-state index contributed by atoms with van der Waals surface area (Å²) in [6.07, 6.45) is 2.27. The maximum Gasteiger partial charge on any atom is 0.0206 e. The SMILES string of the molecule is Cl.Cl.Cl.NCc1ccc(CCCNCCNCc2ccc3ccccc3c2)cc1. The predicted octanol–water partition coefficient (Wildman–Crippen LogP) is 4.88. The van der Waals surface area contributed by atoms with Crippen LogP contribution in [0.5, 0.6) is 0 Å². The molecule has 0 fully saturated rings. The van der Waals surface area contributed by atoms with Gasteiger partial charge in [0.1, 0.15) is 0 Å². The summed E-state index contributed by atoms with van der Waals surface area (Å²) in [6.45, 7) is 4.57. The van der Waals surface area contributed by atoms with Gasteiger partial charge in [0.15, 0.2) is 0 Å². The molecular formula is C23H32Cl3N3. The fraction of sp³-hybridized carbons (Fsp3) is 0.304. The van der Waals surface area contributed by atoms with Crippen LogP contribution in [0.2, 0.25) is 0 Å². The van der Waals surface area contributed by atoms with E-state index in [1.54, 1.807) is 0 Å². The van der Waals surface area contributed by atoms with Gasteiger partial charge in [-0.15, -0.1) is 37.2 Å². The summed E-state index contributed by atoms with van der Waals surface area (Å²) >= 11 is 0. The highest BCUT2D eigenvalue weighted by atomic mass is 35.5. The first-order chi connectivity index (χ1) is 12.8. The lowest BCUT2D eigenvalue weighted by atomic mass is 10.1. The Morgan fingerprint density at radius 2 is 1.24 bits per heavy atom. The quantitative estimate of drug-likeness (QED) is 0.381. The molecule has 0 radical (unpaired) electrons. The van der Waals surface area contributed by atoms with E-state index in [0.717, 1.165) is 39.0 Å². The van der Waals surface area contributed by atoms with Crippen LogP contribution < -0.4 is 16.4 Å². The van der Waals surface area contributed by atoms with Crippen LogP contribution in [0.15, 0.2) is 66.7 Å². The number of aryl methyl sites for hydroxylation is 1. The van der Waals surface area contributed by atoms with Crippen molar-refractivity contribution in [2.45, 2.75) is 25.9 Å². The largest absolute Gasteiger partial charge is 0.326 e. The molecular weight excluding hydrogens is 425 g/mol. The molecule has 0 unspecified atom stereocenters. The number of nitrogens with one attached hydrogen (secondary N) is 2. The van der Waals surface area contributed by atoms with Gasteiger partial charge in [0.05, 0.1) is 0 Å². The van der Waals surface area contributed by atoms with Gasteiger partial charge >= 0.3 is 0 Å². The van der Waals surface area contributed by atoms with Crippen molar-refractivity contribution < 1.29 is 0 Å². The number of rotatable bonds is 10. The van der Waals surface area contributed by atoms with E-state index >= 15 is 0 Å². The van der Waals surface area contributed by atoms with E-state index in [4.69, 9.17) is 5.73 Å². The van der Waals surface area contributed by atoms with E-state index in [-0.39, 0.29) is 37.2 Å². The highest BCUT2D eigenvalue weighted by Gasteiger charge is 1.97. The molecule has 0 bridgehead atoms. The van der Waals surface area contributed by atoms with Gasteiger partial charge in [-0.1, -0.05) is 60.7 Å². The molecule has 0 saturated carbocycles. The van der Waals surface area contributed by atoms with Crippen molar-refractivity contribution in [2.75, 3.05) is 19.6 Å². The summed E-state index contributed by atoms with van der Waals surface area (Å²) in [7, 11) is 0. The average molecular weight is 457 g/mol. The van der Waals surface area contributed by atoms with Gasteiger partial charge in [-0.3, -0.25) is 0 Å². The van der Waals surface area contributed by atoms with E-state index in [2.05, 4.69) is 77.4 Å². The lowest BCUT2D eigenvalue weighted by Gasteiger charge is -2.08. The molecule has 0 aliphatic carbocycles. The minimum absolute atomic E-state index is 0. The molecule has 0 atom stereocenters. The lowest BCUT2D eigenvalue weighted by Crippen LogP contribution is -2.27. The van der Waals surface area contributed by atoms with Crippen LogP contribution in [0.1, 0.15) is 23.1 Å². The molecule has 29 heavy (non-hydrogen) atoms. The normalized spacial score (nSPS) is 9.97. The summed E-state index contributed by atoms with van der Waals surface area (Å²) in [6, 6.07) is 23.8. The number of fused-ring (bicyclic) bond motifs is 1. The van der Waals surface area contributed by atoms with E-state index in [1.807, 2.05) is 0 Å². The highest BCUT2D eigenvalue weighted by Crippen LogP contribution is 2.15. The van der Waals surface area contributed by atoms with Crippen LogP contribution >= 0.6 is 37.2 Å². The lowest BCUT2D eigenvalue weighted by molar-refractivity contribution is 0.596. The first-order valence-corrected chi connectivity index (χ1v) is 9.52. The molecule has 0 saturated heterocycles. The molecule has 0 spiro atoms. The summed E-state index contributed by atoms with van der Waals surface area (Å²) in [5, 5.41) is 9.64. The van der Waals surface area contributed by atoms with Crippen molar-refractivity contribution >= 4 is 48.0 Å².